The molecule has 9 heteroatoms. The Morgan fingerprint density at radius 3 is 2.86 bits per heavy atom. The van der Waals surface area contributed by atoms with Gasteiger partial charge in [-0.3, -0.25) is 10.1 Å². The molecule has 0 radical (unpaired) electrons. The van der Waals surface area contributed by atoms with Gasteiger partial charge in [0.2, 0.25) is 5.88 Å². The highest BCUT2D eigenvalue weighted by Gasteiger charge is 2.34. The Morgan fingerprint density at radius 2 is 2.00 bits per heavy atom. The van der Waals surface area contributed by atoms with Crippen LogP contribution in [0, 0.1) is 6.92 Å². The van der Waals surface area contributed by atoms with Crippen molar-refractivity contribution in [2.24, 2.45) is 10.7 Å². The zero-order valence-corrected chi connectivity index (χ0v) is 15.6. The predicted molar refractivity (Wildman–Crippen MR) is 110 cm³/mol. The van der Waals surface area contributed by atoms with Crippen molar-refractivity contribution in [2.45, 2.75) is 12.6 Å². The summed E-state index contributed by atoms with van der Waals surface area (Å²) in [5.74, 6) is 1.10. The molecule has 0 aliphatic carbocycles. The number of fused-ring (bicyclic) bond motifs is 2. The SMILES string of the molecule is Cc1cc(C2(N)N=CNc3ccc(N)cc32)ccc1Oc1cc2nncn2cn1. The highest BCUT2D eigenvalue weighted by Crippen LogP contribution is 2.38. The standard InChI is InChI=1S/C20H18N8O/c1-12-6-13(20(22)15-7-14(21)3-4-16(15)23-9-25-20)2-5-17(12)29-19-8-18-27-26-11-28(18)10-24-19/h2-11H,21-22H2,1H3,(H,23,25). The van der Waals surface area contributed by atoms with Crippen LogP contribution in [0.3, 0.4) is 0 Å². The molecule has 0 saturated carbocycles. The van der Waals surface area contributed by atoms with Crippen LogP contribution in [0.25, 0.3) is 5.65 Å². The number of aryl methyl sites for hydroxylation is 1. The number of nitrogens with one attached hydrogen (secondary N) is 1. The summed E-state index contributed by atoms with van der Waals surface area (Å²) >= 11 is 0. The van der Waals surface area contributed by atoms with E-state index in [9.17, 15) is 0 Å². The van der Waals surface area contributed by atoms with E-state index in [-0.39, 0.29) is 0 Å². The third-order valence-electron chi connectivity index (χ3n) is 4.93. The summed E-state index contributed by atoms with van der Waals surface area (Å²) in [5.41, 5.74) is 16.4. The van der Waals surface area contributed by atoms with E-state index in [1.165, 1.54) is 0 Å². The summed E-state index contributed by atoms with van der Waals surface area (Å²) in [6, 6.07) is 13.0. The molecule has 0 amide bonds. The first-order valence-electron chi connectivity index (χ1n) is 8.96. The van der Waals surface area contributed by atoms with Gasteiger partial charge < -0.3 is 15.8 Å². The van der Waals surface area contributed by atoms with Crippen molar-refractivity contribution in [2.75, 3.05) is 11.1 Å². The number of rotatable bonds is 3. The number of aliphatic imine (C=N–C) groups is 1. The van der Waals surface area contributed by atoms with E-state index in [2.05, 4.69) is 25.5 Å². The van der Waals surface area contributed by atoms with E-state index < -0.39 is 5.66 Å². The van der Waals surface area contributed by atoms with E-state index >= 15 is 0 Å². The van der Waals surface area contributed by atoms with Gasteiger partial charge in [-0.15, -0.1) is 10.2 Å². The van der Waals surface area contributed by atoms with Crippen LogP contribution in [-0.4, -0.2) is 25.9 Å². The number of nitrogen functional groups attached to an aromatic ring is 1. The van der Waals surface area contributed by atoms with Crippen LogP contribution < -0.4 is 21.5 Å². The lowest BCUT2D eigenvalue weighted by molar-refractivity contribution is 0.457. The molecule has 1 aliphatic heterocycles. The van der Waals surface area contributed by atoms with E-state index in [4.69, 9.17) is 16.2 Å². The van der Waals surface area contributed by atoms with Gasteiger partial charge in [0.25, 0.3) is 0 Å². The van der Waals surface area contributed by atoms with E-state index in [1.807, 2.05) is 43.3 Å². The topological polar surface area (TPSA) is 129 Å². The van der Waals surface area contributed by atoms with Crippen LogP contribution >= 0.6 is 0 Å². The Morgan fingerprint density at radius 1 is 1.10 bits per heavy atom. The fraction of sp³-hybridized carbons (Fsp3) is 0.100. The molecule has 0 spiro atoms. The van der Waals surface area contributed by atoms with E-state index in [0.29, 0.717) is 23.0 Å². The fourth-order valence-corrected chi connectivity index (χ4v) is 3.39. The van der Waals surface area contributed by atoms with Gasteiger partial charge in [-0.2, -0.15) is 0 Å². The van der Waals surface area contributed by atoms with Crippen molar-refractivity contribution in [1.29, 1.82) is 0 Å². The molecule has 1 aliphatic rings. The Balaban J connectivity index is 1.50. The second kappa shape index (κ2) is 6.28. The third-order valence-corrected chi connectivity index (χ3v) is 4.93. The normalized spacial score (nSPS) is 17.7. The average molecular weight is 386 g/mol. The molecule has 1 atom stereocenters. The summed E-state index contributed by atoms with van der Waals surface area (Å²) in [6.07, 6.45) is 4.79. The van der Waals surface area contributed by atoms with Gasteiger partial charge in [-0.1, -0.05) is 6.07 Å². The summed E-state index contributed by atoms with van der Waals surface area (Å²) in [6.45, 7) is 1.95. The second-order valence-electron chi connectivity index (χ2n) is 6.88. The molecule has 5 rings (SSSR count). The lowest BCUT2D eigenvalue weighted by Crippen LogP contribution is -2.39. The molecular weight excluding hydrogens is 368 g/mol. The van der Waals surface area contributed by atoms with Crippen LogP contribution in [0.15, 0.2) is 60.1 Å². The molecule has 29 heavy (non-hydrogen) atoms. The fourth-order valence-electron chi connectivity index (χ4n) is 3.39. The summed E-state index contributed by atoms with van der Waals surface area (Å²) in [4.78, 5) is 8.78. The van der Waals surface area contributed by atoms with Crippen molar-refractivity contribution in [3.63, 3.8) is 0 Å². The summed E-state index contributed by atoms with van der Waals surface area (Å²) < 4.78 is 7.65. The number of benzene rings is 2. The first-order valence-corrected chi connectivity index (χ1v) is 8.96. The molecule has 0 saturated heterocycles. The van der Waals surface area contributed by atoms with Gasteiger partial charge in [0.15, 0.2) is 11.3 Å². The quantitative estimate of drug-likeness (QED) is 0.461. The van der Waals surface area contributed by atoms with Crippen LogP contribution in [0.5, 0.6) is 11.6 Å². The molecule has 2 aromatic carbocycles. The van der Waals surface area contributed by atoms with Gasteiger partial charge in [0.1, 0.15) is 18.4 Å². The number of nitrogens with two attached hydrogens (primary N) is 2. The second-order valence-corrected chi connectivity index (χ2v) is 6.88. The Labute approximate surface area is 166 Å². The minimum atomic E-state index is -1.04. The van der Waals surface area contributed by atoms with Gasteiger partial charge >= 0.3 is 0 Å². The van der Waals surface area contributed by atoms with Crippen molar-refractivity contribution in [3.05, 3.63) is 71.8 Å². The number of nitrogens with zero attached hydrogens (tertiary/aromatic N) is 5. The van der Waals surface area contributed by atoms with Gasteiger partial charge in [0, 0.05) is 23.0 Å². The van der Waals surface area contributed by atoms with Gasteiger partial charge in [-0.25, -0.2) is 9.98 Å². The molecule has 0 bridgehead atoms. The maximum atomic E-state index is 6.72. The molecule has 1 unspecified atom stereocenters. The van der Waals surface area contributed by atoms with Crippen LogP contribution in [0.4, 0.5) is 11.4 Å². The highest BCUT2D eigenvalue weighted by atomic mass is 16.5. The van der Waals surface area contributed by atoms with Crippen molar-refractivity contribution >= 4 is 23.4 Å². The van der Waals surface area contributed by atoms with Crippen LogP contribution in [0.1, 0.15) is 16.7 Å². The molecule has 2 aromatic heterocycles. The first kappa shape index (κ1) is 17.1. The molecule has 0 fully saturated rings. The van der Waals surface area contributed by atoms with Crippen molar-refractivity contribution in [1.82, 2.24) is 19.6 Å². The monoisotopic (exact) mass is 386 g/mol. The number of ether oxygens (including phenoxy) is 1. The van der Waals surface area contributed by atoms with Gasteiger partial charge in [0.05, 0.1) is 6.34 Å². The van der Waals surface area contributed by atoms with Crippen molar-refractivity contribution < 1.29 is 4.74 Å². The lowest BCUT2D eigenvalue weighted by atomic mass is 9.89. The van der Waals surface area contributed by atoms with Gasteiger partial charge in [-0.05, 0) is 48.4 Å². The molecule has 4 aromatic rings. The maximum Gasteiger partial charge on any atom is 0.224 e. The zero-order valence-electron chi connectivity index (χ0n) is 15.6. The maximum absolute atomic E-state index is 6.72. The Bertz CT molecular complexity index is 1260. The molecule has 3 heterocycles. The highest BCUT2D eigenvalue weighted by molar-refractivity contribution is 5.83. The van der Waals surface area contributed by atoms with E-state index in [0.717, 1.165) is 22.4 Å². The van der Waals surface area contributed by atoms with Crippen LogP contribution in [-0.2, 0) is 5.66 Å². The minimum absolute atomic E-state index is 0.432. The predicted octanol–water partition coefficient (Wildman–Crippen LogP) is 2.42. The average Bonchev–Trinajstić information content (AvgIpc) is 3.18. The smallest absolute Gasteiger partial charge is 0.224 e. The van der Waals surface area contributed by atoms with E-state index in [1.54, 1.807) is 29.5 Å². The summed E-state index contributed by atoms with van der Waals surface area (Å²) in [7, 11) is 0. The third kappa shape index (κ3) is 2.84. The molecule has 9 nitrogen and oxygen atoms in total. The number of hydrogen-bond acceptors (Lipinski definition) is 8. The Kier molecular flexibility index (Phi) is 3.71. The molecule has 144 valence electrons. The number of anilines is 2. The Hall–Kier alpha value is -3.98. The number of hydrogen-bond donors (Lipinski definition) is 3. The largest absolute Gasteiger partial charge is 0.439 e. The zero-order chi connectivity index (χ0) is 20.0. The minimum Gasteiger partial charge on any atom is -0.439 e. The first-order chi connectivity index (χ1) is 14.0. The lowest BCUT2D eigenvalue weighted by Gasteiger charge is -2.32. The number of aromatic nitrogens is 4. The van der Waals surface area contributed by atoms with Crippen LogP contribution in [0.2, 0.25) is 0 Å². The summed E-state index contributed by atoms with van der Waals surface area (Å²) in [5, 5.41) is 11.0. The molecule has 5 N–H and O–H groups in total. The molecular formula is C20H18N8O. The van der Waals surface area contributed by atoms with Crippen molar-refractivity contribution in [3.8, 4) is 11.6 Å².